The van der Waals surface area contributed by atoms with E-state index < -0.39 is 6.17 Å². The van der Waals surface area contributed by atoms with E-state index >= 15 is 0 Å². The highest BCUT2D eigenvalue weighted by Gasteiger charge is 2.50. The van der Waals surface area contributed by atoms with Crippen molar-refractivity contribution in [3.63, 3.8) is 0 Å². The molecule has 0 amide bonds. The van der Waals surface area contributed by atoms with Gasteiger partial charge in [-0.1, -0.05) is 30.3 Å². The molecule has 5 aliphatic rings. The number of halogens is 1. The zero-order valence-corrected chi connectivity index (χ0v) is 27.2. The van der Waals surface area contributed by atoms with Crippen LogP contribution in [0.15, 0.2) is 54.7 Å². The summed E-state index contributed by atoms with van der Waals surface area (Å²) in [5.74, 6) is 0.959. The topological polar surface area (TPSA) is 75.4 Å². The van der Waals surface area contributed by atoms with Gasteiger partial charge in [-0.15, -0.1) is 0 Å². The van der Waals surface area contributed by atoms with E-state index in [0.29, 0.717) is 32.1 Å². The maximum absolute atomic E-state index is 14.6. The highest BCUT2D eigenvalue weighted by Crippen LogP contribution is 2.47. The summed E-state index contributed by atoms with van der Waals surface area (Å²) in [6, 6.07) is 17.5. The first-order valence-corrected chi connectivity index (χ1v) is 17.4. The summed E-state index contributed by atoms with van der Waals surface area (Å²) in [5, 5.41) is 4.94. The molecule has 9 rings (SSSR count). The minimum absolute atomic E-state index is 0.104. The fourth-order valence-electron chi connectivity index (χ4n) is 9.34. The smallest absolute Gasteiger partial charge is 0.318 e. The number of alkyl halides is 1. The predicted molar refractivity (Wildman–Crippen MR) is 178 cm³/mol. The lowest BCUT2D eigenvalue weighted by Gasteiger charge is -2.49. The molecule has 1 spiro atoms. The minimum atomic E-state index is -0.793. The Hall–Kier alpha value is -3.89. The van der Waals surface area contributed by atoms with Gasteiger partial charge in [0, 0.05) is 50.8 Å². The number of ether oxygens (including phenoxy) is 1. The van der Waals surface area contributed by atoms with Crippen LogP contribution in [0, 0.1) is 0 Å². The van der Waals surface area contributed by atoms with Crippen LogP contribution in [0.4, 0.5) is 10.2 Å². The van der Waals surface area contributed by atoms with Gasteiger partial charge < -0.3 is 9.64 Å². The van der Waals surface area contributed by atoms with E-state index in [1.54, 1.807) is 0 Å². The highest BCUT2D eigenvalue weighted by atomic mass is 19.1. The standard InChI is InChI=1S/C37H43FN8O/c1-43-24-29-33(21-37(43)14-6-10-26-9-2-3-11-30(26)37)40-35(47-25-36-13-7-17-45(36)22-27(38)20-36)41-34(29)44-16-8-18-46-28(23-44)19-32(42-46)31-12-4-5-15-39-31/h2-5,9,11-12,15,19,27H,6-8,10,13-14,16-18,20-25H2,1H3/t27-,36+,37+/m1/s1. The molecular formula is C37H43FN8O. The van der Waals surface area contributed by atoms with Gasteiger partial charge in [-0.25, -0.2) is 4.39 Å². The number of anilines is 1. The third-order valence-electron chi connectivity index (χ3n) is 11.7. The van der Waals surface area contributed by atoms with E-state index in [2.05, 4.69) is 61.7 Å². The summed E-state index contributed by atoms with van der Waals surface area (Å²) in [7, 11) is 2.27. The number of hydrogen-bond donors (Lipinski definition) is 0. The maximum Gasteiger partial charge on any atom is 0.318 e. The average molecular weight is 635 g/mol. The second-order valence-electron chi connectivity index (χ2n) is 14.4. The van der Waals surface area contributed by atoms with Gasteiger partial charge in [-0.05, 0) is 81.4 Å². The molecule has 4 aromatic rings. The fraction of sp³-hybridized carbons (Fsp3) is 0.514. The molecule has 1 aromatic carbocycles. The normalized spacial score (nSPS) is 27.3. The molecule has 0 bridgehead atoms. The van der Waals surface area contributed by atoms with Crippen LogP contribution < -0.4 is 9.64 Å². The summed E-state index contributed by atoms with van der Waals surface area (Å²) in [6.07, 6.45) is 8.77. The number of pyridine rings is 1. The van der Waals surface area contributed by atoms with E-state index in [4.69, 9.17) is 19.8 Å². The van der Waals surface area contributed by atoms with Crippen molar-refractivity contribution < 1.29 is 9.13 Å². The average Bonchev–Trinajstić information content (AvgIpc) is 3.72. The Morgan fingerprint density at radius 2 is 1.87 bits per heavy atom. The Labute approximate surface area is 275 Å². The molecule has 0 radical (unpaired) electrons. The van der Waals surface area contributed by atoms with Crippen LogP contribution in [0.1, 0.15) is 66.6 Å². The Morgan fingerprint density at radius 3 is 2.79 bits per heavy atom. The molecule has 2 saturated heterocycles. The second-order valence-corrected chi connectivity index (χ2v) is 14.4. The first-order valence-electron chi connectivity index (χ1n) is 17.4. The van der Waals surface area contributed by atoms with Gasteiger partial charge in [0.15, 0.2) is 0 Å². The van der Waals surface area contributed by atoms with Crippen LogP contribution in [-0.4, -0.2) is 79.5 Å². The quantitative estimate of drug-likeness (QED) is 0.292. The van der Waals surface area contributed by atoms with E-state index in [9.17, 15) is 4.39 Å². The number of benzene rings is 1. The molecule has 244 valence electrons. The van der Waals surface area contributed by atoms with Gasteiger partial charge in [-0.3, -0.25) is 19.5 Å². The molecule has 1 aliphatic carbocycles. The van der Waals surface area contributed by atoms with Gasteiger partial charge in [-0.2, -0.15) is 15.1 Å². The van der Waals surface area contributed by atoms with E-state index in [1.807, 2.05) is 24.4 Å². The Bertz CT molecular complexity index is 1800. The number of fused-ring (bicyclic) bond motifs is 5. The van der Waals surface area contributed by atoms with E-state index in [-0.39, 0.29) is 11.1 Å². The number of aromatic nitrogens is 5. The van der Waals surface area contributed by atoms with Gasteiger partial charge in [0.2, 0.25) is 0 Å². The Balaban J connectivity index is 1.10. The molecular weight excluding hydrogens is 591 g/mol. The van der Waals surface area contributed by atoms with E-state index in [0.717, 1.165) is 99.7 Å². The molecule has 0 N–H and O–H groups in total. The van der Waals surface area contributed by atoms with Crippen LogP contribution >= 0.6 is 0 Å². The summed E-state index contributed by atoms with van der Waals surface area (Å²) < 4.78 is 23.3. The van der Waals surface area contributed by atoms with Crippen molar-refractivity contribution in [3.05, 3.63) is 82.8 Å². The maximum atomic E-state index is 14.6. The molecule has 47 heavy (non-hydrogen) atoms. The largest absolute Gasteiger partial charge is 0.461 e. The summed E-state index contributed by atoms with van der Waals surface area (Å²) in [4.78, 5) is 22.2. The highest BCUT2D eigenvalue weighted by molar-refractivity contribution is 5.56. The molecule has 7 heterocycles. The van der Waals surface area contributed by atoms with Gasteiger partial charge in [0.1, 0.15) is 24.3 Å². The first-order chi connectivity index (χ1) is 23.0. The van der Waals surface area contributed by atoms with Crippen LogP contribution in [0.2, 0.25) is 0 Å². The molecule has 0 saturated carbocycles. The van der Waals surface area contributed by atoms with Gasteiger partial charge in [0.05, 0.1) is 34.7 Å². The van der Waals surface area contributed by atoms with Crippen LogP contribution in [0.3, 0.4) is 0 Å². The van der Waals surface area contributed by atoms with Gasteiger partial charge in [0.25, 0.3) is 0 Å². The van der Waals surface area contributed by atoms with Crippen molar-refractivity contribution in [3.8, 4) is 17.4 Å². The zero-order valence-electron chi connectivity index (χ0n) is 27.2. The van der Waals surface area contributed by atoms with Crippen LogP contribution in [0.25, 0.3) is 11.4 Å². The number of hydrogen-bond acceptors (Lipinski definition) is 8. The van der Waals surface area contributed by atoms with E-state index in [1.165, 1.54) is 16.7 Å². The lowest BCUT2D eigenvalue weighted by molar-refractivity contribution is 0.0714. The summed E-state index contributed by atoms with van der Waals surface area (Å²) >= 11 is 0. The molecule has 10 heteroatoms. The molecule has 0 unspecified atom stereocenters. The minimum Gasteiger partial charge on any atom is -0.461 e. The van der Waals surface area contributed by atoms with Crippen molar-refractivity contribution in [1.82, 2.24) is 34.5 Å². The third kappa shape index (κ3) is 4.94. The molecule has 4 aliphatic heterocycles. The summed E-state index contributed by atoms with van der Waals surface area (Å²) in [6.45, 7) is 5.06. The number of nitrogens with zero attached hydrogens (tertiary/aromatic N) is 8. The molecule has 9 nitrogen and oxygen atoms in total. The van der Waals surface area contributed by atoms with Gasteiger partial charge >= 0.3 is 6.01 Å². The van der Waals surface area contributed by atoms with Crippen LogP contribution in [-0.2, 0) is 38.0 Å². The van der Waals surface area contributed by atoms with Crippen molar-refractivity contribution in [2.24, 2.45) is 0 Å². The SMILES string of the molecule is CN1Cc2c(nc(OC[C@@]34CCCN3C[C@H](F)C4)nc2N2CCCn3nc(-c4ccccn4)cc3C2)C[C@]12CCCc1ccccc12. The van der Waals surface area contributed by atoms with Crippen LogP contribution in [0.5, 0.6) is 6.01 Å². The molecule has 3 atom stereocenters. The fourth-order valence-corrected chi connectivity index (χ4v) is 9.34. The first kappa shape index (κ1) is 29.3. The summed E-state index contributed by atoms with van der Waals surface area (Å²) in [5.41, 5.74) is 7.75. The van der Waals surface area contributed by atoms with Crippen molar-refractivity contribution in [2.45, 2.75) is 88.3 Å². The van der Waals surface area contributed by atoms with Crippen molar-refractivity contribution in [1.29, 1.82) is 0 Å². The zero-order chi connectivity index (χ0) is 31.6. The monoisotopic (exact) mass is 634 g/mol. The number of rotatable bonds is 5. The molecule has 2 fully saturated rings. The third-order valence-corrected chi connectivity index (χ3v) is 11.7. The lowest BCUT2D eigenvalue weighted by atomic mass is 9.71. The predicted octanol–water partition coefficient (Wildman–Crippen LogP) is 5.32. The number of likely N-dealkylation sites (N-methyl/N-ethyl adjacent to an activating group) is 1. The van der Waals surface area contributed by atoms with Crippen molar-refractivity contribution in [2.75, 3.05) is 38.2 Å². The Morgan fingerprint density at radius 1 is 0.957 bits per heavy atom. The Kier molecular flexibility index (Phi) is 7.08. The van der Waals surface area contributed by atoms with Crippen molar-refractivity contribution >= 4 is 5.82 Å². The molecule has 3 aromatic heterocycles. The lowest BCUT2D eigenvalue weighted by Crippen LogP contribution is -2.51. The second kappa shape index (κ2) is 11.4. The number of aryl methyl sites for hydroxylation is 2.